The summed E-state index contributed by atoms with van der Waals surface area (Å²) >= 11 is 0. The van der Waals surface area contributed by atoms with E-state index in [0.29, 0.717) is 11.5 Å². The van der Waals surface area contributed by atoms with Crippen molar-refractivity contribution in [2.45, 2.75) is 26.2 Å². The molecule has 2 heteroatoms. The molecule has 96 valence electrons. The van der Waals surface area contributed by atoms with Crippen molar-refractivity contribution in [3.8, 4) is 17.6 Å². The summed E-state index contributed by atoms with van der Waals surface area (Å²) in [6.07, 6.45) is 3.18. The van der Waals surface area contributed by atoms with Crippen molar-refractivity contribution in [1.29, 1.82) is 0 Å². The summed E-state index contributed by atoms with van der Waals surface area (Å²) in [5.41, 5.74) is 2.82. The van der Waals surface area contributed by atoms with Crippen LogP contribution in [-0.4, -0.2) is 10.9 Å². The van der Waals surface area contributed by atoms with Gasteiger partial charge in [0.15, 0.2) is 5.78 Å². The summed E-state index contributed by atoms with van der Waals surface area (Å²) in [5, 5.41) is 9.40. The fourth-order valence-corrected chi connectivity index (χ4v) is 3.38. The quantitative estimate of drug-likeness (QED) is 0.779. The van der Waals surface area contributed by atoms with Crippen LogP contribution in [0.5, 0.6) is 5.75 Å². The molecule has 1 fully saturated rings. The Balaban J connectivity index is 2.14. The molecular weight excluding hydrogens is 236 g/mol. The second-order valence-corrected chi connectivity index (χ2v) is 5.22. The van der Waals surface area contributed by atoms with Crippen LogP contribution in [0.25, 0.3) is 5.57 Å². The second-order valence-electron chi connectivity index (χ2n) is 5.22. The summed E-state index contributed by atoms with van der Waals surface area (Å²) in [7, 11) is 0. The lowest BCUT2D eigenvalue weighted by molar-refractivity contribution is -0.118. The SMILES string of the molecule is CC#CC1=C(c2ccc(O)cc2)C2CCCC2C1=O. The first-order chi connectivity index (χ1) is 9.22. The fourth-order valence-electron chi connectivity index (χ4n) is 3.38. The molecule has 3 rings (SSSR count). The minimum absolute atomic E-state index is 0.139. The standard InChI is InChI=1S/C17H16O2/c1-2-4-15-16(11-7-9-12(18)10-8-11)13-5-3-6-14(13)17(15)19/h7-10,13-14,18H,3,5-6H2,1H3. The lowest BCUT2D eigenvalue weighted by Gasteiger charge is -2.13. The Kier molecular flexibility index (Phi) is 2.91. The van der Waals surface area contributed by atoms with Gasteiger partial charge in [-0.05, 0) is 49.0 Å². The third kappa shape index (κ3) is 1.86. The Morgan fingerprint density at radius 3 is 2.53 bits per heavy atom. The average molecular weight is 252 g/mol. The number of aromatic hydroxyl groups is 1. The number of carbonyl (C=O) groups is 1. The van der Waals surface area contributed by atoms with Crippen molar-refractivity contribution in [3.05, 3.63) is 35.4 Å². The molecule has 19 heavy (non-hydrogen) atoms. The number of carbonyl (C=O) groups excluding carboxylic acids is 1. The van der Waals surface area contributed by atoms with Crippen molar-refractivity contribution < 1.29 is 9.90 Å². The van der Waals surface area contributed by atoms with Crippen molar-refractivity contribution in [2.75, 3.05) is 0 Å². The molecule has 0 spiro atoms. The lowest BCUT2D eigenvalue weighted by Crippen LogP contribution is -2.11. The van der Waals surface area contributed by atoms with Crippen molar-refractivity contribution in [3.63, 3.8) is 0 Å². The number of phenolic OH excluding ortho intramolecular Hbond substituents is 1. The zero-order chi connectivity index (χ0) is 13.4. The molecule has 2 atom stereocenters. The topological polar surface area (TPSA) is 37.3 Å². The van der Waals surface area contributed by atoms with E-state index in [1.807, 2.05) is 12.1 Å². The van der Waals surface area contributed by atoms with Gasteiger partial charge in [0.2, 0.25) is 0 Å². The van der Waals surface area contributed by atoms with Crippen molar-refractivity contribution in [1.82, 2.24) is 0 Å². The Bertz CT molecular complexity index is 611. The first-order valence-electron chi connectivity index (χ1n) is 6.73. The van der Waals surface area contributed by atoms with Gasteiger partial charge in [0.1, 0.15) is 5.75 Å². The fraction of sp³-hybridized carbons (Fsp3) is 0.353. The van der Waals surface area contributed by atoms with Gasteiger partial charge in [0.25, 0.3) is 0 Å². The van der Waals surface area contributed by atoms with Gasteiger partial charge in [-0.3, -0.25) is 4.79 Å². The zero-order valence-corrected chi connectivity index (χ0v) is 10.9. The molecule has 0 saturated heterocycles. The van der Waals surface area contributed by atoms with Gasteiger partial charge >= 0.3 is 0 Å². The maximum atomic E-state index is 12.4. The highest BCUT2D eigenvalue weighted by molar-refractivity contribution is 6.13. The Labute approximate surface area is 113 Å². The van der Waals surface area contributed by atoms with Crippen molar-refractivity contribution >= 4 is 11.4 Å². The first kappa shape index (κ1) is 12.0. The number of allylic oxidation sites excluding steroid dienone is 2. The molecule has 1 saturated carbocycles. The van der Waals surface area contributed by atoms with E-state index in [4.69, 9.17) is 0 Å². The van der Waals surface area contributed by atoms with Crippen molar-refractivity contribution in [2.24, 2.45) is 11.8 Å². The third-order valence-electron chi connectivity index (χ3n) is 4.17. The van der Waals surface area contributed by atoms with Gasteiger partial charge in [-0.1, -0.05) is 24.5 Å². The molecule has 0 aromatic heterocycles. The predicted molar refractivity (Wildman–Crippen MR) is 74.3 cm³/mol. The van der Waals surface area contributed by atoms with Gasteiger partial charge in [-0.2, -0.15) is 0 Å². The molecule has 0 aliphatic heterocycles. The first-order valence-corrected chi connectivity index (χ1v) is 6.73. The molecule has 0 amide bonds. The second kappa shape index (κ2) is 4.59. The van der Waals surface area contributed by atoms with Crippen LogP contribution in [0.1, 0.15) is 31.7 Å². The van der Waals surface area contributed by atoms with Gasteiger partial charge in [0, 0.05) is 5.92 Å². The number of benzene rings is 1. The molecule has 2 aliphatic carbocycles. The van der Waals surface area contributed by atoms with Gasteiger partial charge in [0.05, 0.1) is 5.57 Å². The Hall–Kier alpha value is -2.01. The van der Waals surface area contributed by atoms with E-state index in [9.17, 15) is 9.90 Å². The minimum atomic E-state index is 0.139. The van der Waals surface area contributed by atoms with Crippen LogP contribution in [0.2, 0.25) is 0 Å². The van der Waals surface area contributed by atoms with Gasteiger partial charge in [-0.25, -0.2) is 0 Å². The van der Waals surface area contributed by atoms with Crippen LogP contribution in [0.3, 0.4) is 0 Å². The Morgan fingerprint density at radius 1 is 1.16 bits per heavy atom. The van der Waals surface area contributed by atoms with Crippen LogP contribution >= 0.6 is 0 Å². The minimum Gasteiger partial charge on any atom is -0.508 e. The summed E-state index contributed by atoms with van der Waals surface area (Å²) in [6.45, 7) is 1.77. The summed E-state index contributed by atoms with van der Waals surface area (Å²) < 4.78 is 0. The van der Waals surface area contributed by atoms with E-state index in [-0.39, 0.29) is 17.5 Å². The largest absolute Gasteiger partial charge is 0.508 e. The number of Topliss-reactive ketones (excluding diaryl/α,β-unsaturated/α-hetero) is 1. The van der Waals surface area contributed by atoms with Crippen LogP contribution in [0.4, 0.5) is 0 Å². The molecule has 2 aliphatic rings. The van der Waals surface area contributed by atoms with Crippen LogP contribution < -0.4 is 0 Å². The highest BCUT2D eigenvalue weighted by atomic mass is 16.3. The Morgan fingerprint density at radius 2 is 1.84 bits per heavy atom. The van der Waals surface area contributed by atoms with E-state index in [1.54, 1.807) is 19.1 Å². The maximum absolute atomic E-state index is 12.4. The maximum Gasteiger partial charge on any atom is 0.175 e. The molecular formula is C17H16O2. The molecule has 0 bridgehead atoms. The average Bonchev–Trinajstić information content (AvgIpc) is 2.96. The summed E-state index contributed by atoms with van der Waals surface area (Å²) in [5.74, 6) is 6.80. The molecule has 2 unspecified atom stereocenters. The summed E-state index contributed by atoms with van der Waals surface area (Å²) in [6, 6.07) is 7.12. The molecule has 1 aromatic carbocycles. The molecule has 1 N–H and O–H groups in total. The molecule has 0 radical (unpaired) electrons. The molecule has 1 aromatic rings. The highest BCUT2D eigenvalue weighted by Crippen LogP contribution is 2.49. The lowest BCUT2D eigenvalue weighted by atomic mass is 9.90. The predicted octanol–water partition coefficient (Wildman–Crippen LogP) is 3.17. The van der Waals surface area contributed by atoms with Crippen LogP contribution in [0.15, 0.2) is 29.8 Å². The third-order valence-corrected chi connectivity index (χ3v) is 4.17. The van der Waals surface area contributed by atoms with E-state index >= 15 is 0 Å². The number of hydrogen-bond acceptors (Lipinski definition) is 2. The van der Waals surface area contributed by atoms with E-state index in [1.165, 1.54) is 0 Å². The normalized spacial score (nSPS) is 25.2. The summed E-state index contributed by atoms with van der Waals surface area (Å²) in [4.78, 5) is 12.4. The zero-order valence-electron chi connectivity index (χ0n) is 10.9. The number of phenols is 1. The number of rotatable bonds is 1. The van der Waals surface area contributed by atoms with Crippen LogP contribution in [-0.2, 0) is 4.79 Å². The van der Waals surface area contributed by atoms with Crippen LogP contribution in [0, 0.1) is 23.7 Å². The van der Waals surface area contributed by atoms with Gasteiger partial charge in [-0.15, -0.1) is 5.92 Å². The monoisotopic (exact) mass is 252 g/mol. The molecule has 2 nitrogen and oxygen atoms in total. The molecule has 0 heterocycles. The van der Waals surface area contributed by atoms with E-state index < -0.39 is 0 Å². The van der Waals surface area contributed by atoms with E-state index in [2.05, 4.69) is 11.8 Å². The number of hydrogen-bond donors (Lipinski definition) is 1. The number of ketones is 1. The number of fused-ring (bicyclic) bond motifs is 1. The van der Waals surface area contributed by atoms with E-state index in [0.717, 1.165) is 30.4 Å². The van der Waals surface area contributed by atoms with Gasteiger partial charge < -0.3 is 5.11 Å². The smallest absolute Gasteiger partial charge is 0.175 e. The highest BCUT2D eigenvalue weighted by Gasteiger charge is 2.44.